The summed E-state index contributed by atoms with van der Waals surface area (Å²) in [5, 5.41) is 0. The van der Waals surface area contributed by atoms with Gasteiger partial charge in [0.2, 0.25) is 0 Å². The Morgan fingerprint density at radius 3 is 1.53 bits per heavy atom. The zero-order valence-corrected chi connectivity index (χ0v) is 11.3. The van der Waals surface area contributed by atoms with E-state index in [2.05, 4.69) is 5.43 Å². The molecule has 0 aromatic rings. The quantitative estimate of drug-likeness (QED) is 0.565. The molecule has 2 fully saturated rings. The fourth-order valence-electron chi connectivity index (χ4n) is 3.88. The summed E-state index contributed by atoms with van der Waals surface area (Å²) in [6.07, 6.45) is 17.2. The van der Waals surface area contributed by atoms with Crippen molar-refractivity contribution in [2.45, 2.75) is 83.1 Å². The molecule has 0 bridgehead atoms. The molecule has 0 aromatic heterocycles. The summed E-state index contributed by atoms with van der Waals surface area (Å²) >= 11 is 0. The minimum Gasteiger partial charge on any atom is -0.271 e. The van der Waals surface area contributed by atoms with Crippen molar-refractivity contribution in [1.29, 1.82) is 0 Å². The maximum absolute atomic E-state index is 5.76. The standard InChI is InChI=1S/C15H30N2/c16-17-15(11-13-7-3-1-4-8-13)12-14-9-5-2-6-10-14/h13-15,17H,1-12,16H2. The van der Waals surface area contributed by atoms with Gasteiger partial charge in [0, 0.05) is 6.04 Å². The van der Waals surface area contributed by atoms with Crippen molar-refractivity contribution in [2.24, 2.45) is 17.7 Å². The molecule has 2 saturated carbocycles. The van der Waals surface area contributed by atoms with Gasteiger partial charge in [-0.05, 0) is 24.7 Å². The molecule has 2 rings (SSSR count). The fraction of sp³-hybridized carbons (Fsp3) is 1.00. The largest absolute Gasteiger partial charge is 0.271 e. The third-order valence-electron chi connectivity index (χ3n) is 4.92. The van der Waals surface area contributed by atoms with E-state index in [1.54, 1.807) is 0 Å². The molecule has 2 heteroatoms. The predicted molar refractivity (Wildman–Crippen MR) is 73.5 cm³/mol. The molecule has 3 N–H and O–H groups in total. The first-order chi connectivity index (χ1) is 8.38. The highest BCUT2D eigenvalue weighted by molar-refractivity contribution is 4.77. The van der Waals surface area contributed by atoms with Crippen LogP contribution in [0.15, 0.2) is 0 Å². The molecule has 17 heavy (non-hydrogen) atoms. The van der Waals surface area contributed by atoms with Crippen LogP contribution in [0.25, 0.3) is 0 Å². The van der Waals surface area contributed by atoms with Gasteiger partial charge in [-0.1, -0.05) is 64.2 Å². The molecule has 2 aliphatic rings. The number of rotatable bonds is 5. The van der Waals surface area contributed by atoms with E-state index in [1.807, 2.05) is 0 Å². The molecule has 2 nitrogen and oxygen atoms in total. The Morgan fingerprint density at radius 1 is 0.765 bits per heavy atom. The minimum atomic E-state index is 0.584. The highest BCUT2D eigenvalue weighted by Gasteiger charge is 2.22. The van der Waals surface area contributed by atoms with Crippen molar-refractivity contribution in [2.75, 3.05) is 0 Å². The van der Waals surface area contributed by atoms with Gasteiger partial charge in [-0.15, -0.1) is 0 Å². The van der Waals surface area contributed by atoms with E-state index in [0.29, 0.717) is 6.04 Å². The van der Waals surface area contributed by atoms with Crippen LogP contribution in [-0.4, -0.2) is 6.04 Å². The lowest BCUT2D eigenvalue weighted by atomic mass is 9.80. The van der Waals surface area contributed by atoms with Crippen LogP contribution in [0.5, 0.6) is 0 Å². The Labute approximate surface area is 107 Å². The van der Waals surface area contributed by atoms with Crippen LogP contribution in [-0.2, 0) is 0 Å². The second-order valence-electron chi connectivity index (χ2n) is 6.34. The SMILES string of the molecule is NNC(CC1CCCCC1)CC1CCCCC1. The second kappa shape index (κ2) is 7.38. The van der Waals surface area contributed by atoms with Gasteiger partial charge in [-0.25, -0.2) is 0 Å². The molecule has 0 spiro atoms. The lowest BCUT2D eigenvalue weighted by Gasteiger charge is -2.30. The van der Waals surface area contributed by atoms with Crippen LogP contribution in [0.1, 0.15) is 77.0 Å². The van der Waals surface area contributed by atoms with Gasteiger partial charge < -0.3 is 0 Å². The summed E-state index contributed by atoms with van der Waals surface area (Å²) in [6.45, 7) is 0. The van der Waals surface area contributed by atoms with Crippen molar-refractivity contribution in [3.8, 4) is 0 Å². The summed E-state index contributed by atoms with van der Waals surface area (Å²) < 4.78 is 0. The van der Waals surface area contributed by atoms with Gasteiger partial charge in [0.25, 0.3) is 0 Å². The van der Waals surface area contributed by atoms with E-state index in [1.165, 1.54) is 77.0 Å². The van der Waals surface area contributed by atoms with E-state index < -0.39 is 0 Å². The number of hydrazine groups is 1. The molecule has 0 aliphatic heterocycles. The Hall–Kier alpha value is -0.0800. The number of hydrogen-bond acceptors (Lipinski definition) is 2. The molecule has 0 aromatic carbocycles. The summed E-state index contributed by atoms with van der Waals surface area (Å²) in [5.74, 6) is 7.66. The number of nitrogens with two attached hydrogens (primary N) is 1. The van der Waals surface area contributed by atoms with E-state index >= 15 is 0 Å². The third kappa shape index (κ3) is 4.59. The van der Waals surface area contributed by atoms with Gasteiger partial charge in [0.05, 0.1) is 0 Å². The first-order valence-electron chi connectivity index (χ1n) is 7.84. The van der Waals surface area contributed by atoms with Gasteiger partial charge in [0.15, 0.2) is 0 Å². The van der Waals surface area contributed by atoms with Gasteiger partial charge >= 0.3 is 0 Å². The van der Waals surface area contributed by atoms with Crippen LogP contribution in [0.2, 0.25) is 0 Å². The summed E-state index contributed by atoms with van der Waals surface area (Å²) in [5.41, 5.74) is 3.10. The molecule has 100 valence electrons. The lowest BCUT2D eigenvalue weighted by Crippen LogP contribution is -2.38. The second-order valence-corrected chi connectivity index (χ2v) is 6.34. The van der Waals surface area contributed by atoms with Gasteiger partial charge in [-0.3, -0.25) is 11.3 Å². The molecule has 0 atom stereocenters. The monoisotopic (exact) mass is 238 g/mol. The smallest absolute Gasteiger partial charge is 0.0215 e. The zero-order valence-electron chi connectivity index (χ0n) is 11.3. The van der Waals surface area contributed by atoms with Crippen molar-refractivity contribution in [1.82, 2.24) is 5.43 Å². The van der Waals surface area contributed by atoms with Crippen molar-refractivity contribution >= 4 is 0 Å². The first-order valence-corrected chi connectivity index (χ1v) is 7.84. The van der Waals surface area contributed by atoms with Crippen molar-refractivity contribution in [3.05, 3.63) is 0 Å². The van der Waals surface area contributed by atoms with Crippen LogP contribution in [0, 0.1) is 11.8 Å². The highest BCUT2D eigenvalue weighted by atomic mass is 15.2. The number of nitrogens with one attached hydrogen (secondary N) is 1. The summed E-state index contributed by atoms with van der Waals surface area (Å²) in [6, 6.07) is 0.584. The molecular weight excluding hydrogens is 208 g/mol. The lowest BCUT2D eigenvalue weighted by molar-refractivity contribution is 0.247. The van der Waals surface area contributed by atoms with E-state index in [4.69, 9.17) is 5.84 Å². The maximum atomic E-state index is 5.76. The molecule has 0 amide bonds. The average molecular weight is 238 g/mol. The third-order valence-corrected chi connectivity index (χ3v) is 4.92. The minimum absolute atomic E-state index is 0.584. The summed E-state index contributed by atoms with van der Waals surface area (Å²) in [7, 11) is 0. The van der Waals surface area contributed by atoms with Crippen LogP contribution in [0.3, 0.4) is 0 Å². The molecule has 0 saturated heterocycles. The van der Waals surface area contributed by atoms with E-state index in [0.717, 1.165) is 11.8 Å². The summed E-state index contributed by atoms with van der Waals surface area (Å²) in [4.78, 5) is 0. The zero-order chi connectivity index (χ0) is 11.9. The first kappa shape index (κ1) is 13.4. The fourth-order valence-corrected chi connectivity index (χ4v) is 3.88. The molecule has 0 radical (unpaired) electrons. The van der Waals surface area contributed by atoms with Gasteiger partial charge in [-0.2, -0.15) is 0 Å². The molecule has 0 heterocycles. The molecule has 2 aliphatic carbocycles. The Bertz CT molecular complexity index is 173. The Balaban J connectivity index is 1.71. The Morgan fingerprint density at radius 2 is 1.18 bits per heavy atom. The van der Waals surface area contributed by atoms with Crippen molar-refractivity contribution < 1.29 is 0 Å². The molecular formula is C15H30N2. The van der Waals surface area contributed by atoms with Crippen LogP contribution >= 0.6 is 0 Å². The van der Waals surface area contributed by atoms with E-state index in [9.17, 15) is 0 Å². The average Bonchev–Trinajstić information content (AvgIpc) is 2.40. The number of hydrogen-bond donors (Lipinski definition) is 2. The van der Waals surface area contributed by atoms with Crippen molar-refractivity contribution in [3.63, 3.8) is 0 Å². The molecule has 0 unspecified atom stereocenters. The van der Waals surface area contributed by atoms with E-state index in [-0.39, 0.29) is 0 Å². The van der Waals surface area contributed by atoms with Crippen LogP contribution in [0.4, 0.5) is 0 Å². The maximum Gasteiger partial charge on any atom is 0.0215 e. The topological polar surface area (TPSA) is 38.0 Å². The van der Waals surface area contributed by atoms with Crippen LogP contribution < -0.4 is 11.3 Å². The Kier molecular flexibility index (Phi) is 5.79. The normalized spacial score (nSPS) is 24.4. The highest BCUT2D eigenvalue weighted by Crippen LogP contribution is 2.31. The predicted octanol–water partition coefficient (Wildman–Crippen LogP) is 3.76. The van der Waals surface area contributed by atoms with Gasteiger partial charge in [0.1, 0.15) is 0 Å².